The van der Waals surface area contributed by atoms with Gasteiger partial charge in [0, 0.05) is 38.0 Å². The van der Waals surface area contributed by atoms with Crippen LogP contribution in [0.2, 0.25) is 10.0 Å². The third-order valence-corrected chi connectivity index (χ3v) is 9.13. The number of rotatable bonds is 7. The van der Waals surface area contributed by atoms with E-state index < -0.39 is 0 Å². The van der Waals surface area contributed by atoms with Crippen molar-refractivity contribution in [1.29, 1.82) is 0 Å². The summed E-state index contributed by atoms with van der Waals surface area (Å²) >= 11 is 14.3. The summed E-state index contributed by atoms with van der Waals surface area (Å²) in [5.41, 5.74) is 4.36. The summed E-state index contributed by atoms with van der Waals surface area (Å²) in [4.78, 5) is 19.8. The molecule has 0 saturated carbocycles. The number of aliphatic imine (C=N–C) groups is 1. The van der Waals surface area contributed by atoms with Gasteiger partial charge in [-0.15, -0.1) is 11.3 Å². The molecule has 3 aromatic carbocycles. The van der Waals surface area contributed by atoms with Gasteiger partial charge in [-0.2, -0.15) is 0 Å². The molecule has 40 heavy (non-hydrogen) atoms. The largest absolute Gasteiger partial charge is 0.488 e. The van der Waals surface area contributed by atoms with E-state index in [4.69, 9.17) is 32.9 Å². The second-order valence-corrected chi connectivity index (χ2v) is 13.1. The van der Waals surface area contributed by atoms with Gasteiger partial charge in [-0.3, -0.25) is 4.79 Å². The Balaban J connectivity index is 1.48. The third kappa shape index (κ3) is 6.60. The highest BCUT2D eigenvalue weighted by Gasteiger charge is 2.33. The summed E-state index contributed by atoms with van der Waals surface area (Å²) < 4.78 is 6.13. The van der Waals surface area contributed by atoms with Crippen LogP contribution in [-0.2, 0) is 19.4 Å². The van der Waals surface area contributed by atoms with Crippen LogP contribution < -0.4 is 10.1 Å². The van der Waals surface area contributed by atoms with E-state index in [0.29, 0.717) is 38.9 Å². The van der Waals surface area contributed by atoms with Gasteiger partial charge in [0.05, 0.1) is 5.56 Å². The maximum Gasteiger partial charge on any atom is 0.259 e. The number of halogens is 2. The van der Waals surface area contributed by atoms with Gasteiger partial charge >= 0.3 is 0 Å². The number of nitrogens with one attached hydrogen (secondary N) is 1. The van der Waals surface area contributed by atoms with Crippen LogP contribution in [0.25, 0.3) is 0 Å². The lowest BCUT2D eigenvalue weighted by Gasteiger charge is -2.33. The lowest BCUT2D eigenvalue weighted by atomic mass is 9.72. The molecule has 5 rings (SSSR count). The summed E-state index contributed by atoms with van der Waals surface area (Å²) in [7, 11) is 0. The van der Waals surface area contributed by atoms with Crippen LogP contribution in [-0.4, -0.2) is 12.1 Å². The van der Waals surface area contributed by atoms with E-state index in [1.54, 1.807) is 23.6 Å². The van der Waals surface area contributed by atoms with Crippen LogP contribution in [0.3, 0.4) is 0 Å². The second-order valence-electron chi connectivity index (χ2n) is 11.1. The number of hydrogen-bond donors (Lipinski definition) is 1. The molecule has 1 aliphatic carbocycles. The van der Waals surface area contributed by atoms with E-state index in [9.17, 15) is 4.79 Å². The SMILES string of the molecule is CC(C)(C)[C@@H]1CCc2c(sc(N=Cc3cc(Cl)ccc3OCc3ccccc3Cl)c2C(=O)Nc2ccccc2)C1. The number of para-hydroxylation sites is 1. The molecule has 0 unspecified atom stereocenters. The number of fused-ring (bicyclic) bond motifs is 1. The Bertz CT molecular complexity index is 1540. The summed E-state index contributed by atoms with van der Waals surface area (Å²) in [5.74, 6) is 1.06. The molecule has 0 aliphatic heterocycles. The van der Waals surface area contributed by atoms with Gasteiger partial charge in [0.2, 0.25) is 0 Å². The van der Waals surface area contributed by atoms with Crippen LogP contribution in [0.15, 0.2) is 77.8 Å². The Hall–Kier alpha value is -3.12. The zero-order valence-electron chi connectivity index (χ0n) is 22.8. The molecule has 0 fully saturated rings. The van der Waals surface area contributed by atoms with Crippen molar-refractivity contribution < 1.29 is 9.53 Å². The lowest BCUT2D eigenvalue weighted by Crippen LogP contribution is -2.27. The average Bonchev–Trinajstić information content (AvgIpc) is 3.30. The standard InChI is InChI=1S/C33H32Cl2N2O2S/c1-33(2,3)23-13-15-26-29(18-23)40-32(30(26)31(38)37-25-10-5-4-6-11-25)36-19-22-17-24(34)14-16-28(22)39-20-21-9-7-8-12-27(21)35/h4-12,14,16-17,19,23H,13,15,18,20H2,1-3H3,(H,37,38)/t23-/m1/s1. The van der Waals surface area contributed by atoms with Crippen molar-refractivity contribution in [2.45, 2.75) is 46.6 Å². The minimum Gasteiger partial charge on any atom is -0.488 e. The highest BCUT2D eigenvalue weighted by atomic mass is 35.5. The first-order valence-electron chi connectivity index (χ1n) is 13.4. The molecule has 206 valence electrons. The molecule has 0 radical (unpaired) electrons. The fourth-order valence-electron chi connectivity index (χ4n) is 5.00. The van der Waals surface area contributed by atoms with Crippen molar-refractivity contribution >= 4 is 57.3 Å². The number of amides is 1. The summed E-state index contributed by atoms with van der Waals surface area (Å²) in [5, 5.41) is 5.00. The van der Waals surface area contributed by atoms with Gasteiger partial charge in [0.1, 0.15) is 17.4 Å². The molecule has 1 aliphatic rings. The molecule has 1 amide bonds. The molecule has 0 saturated heterocycles. The van der Waals surface area contributed by atoms with Crippen molar-refractivity contribution in [2.75, 3.05) is 5.32 Å². The quantitative estimate of drug-likeness (QED) is 0.218. The predicted octanol–water partition coefficient (Wildman–Crippen LogP) is 9.79. The number of carbonyl (C=O) groups is 1. The summed E-state index contributed by atoms with van der Waals surface area (Å²) in [6, 6.07) is 22.6. The number of anilines is 1. The molecule has 0 spiro atoms. The first-order valence-corrected chi connectivity index (χ1v) is 15.0. The molecular weight excluding hydrogens is 559 g/mol. The smallest absolute Gasteiger partial charge is 0.259 e. The van der Waals surface area contributed by atoms with Crippen molar-refractivity contribution in [3.05, 3.63) is 110 Å². The van der Waals surface area contributed by atoms with Crippen LogP contribution >= 0.6 is 34.5 Å². The maximum atomic E-state index is 13.6. The first kappa shape index (κ1) is 28.4. The van der Waals surface area contributed by atoms with Crippen molar-refractivity contribution in [3.63, 3.8) is 0 Å². The third-order valence-electron chi connectivity index (χ3n) is 7.36. The van der Waals surface area contributed by atoms with Crippen molar-refractivity contribution in [1.82, 2.24) is 0 Å². The van der Waals surface area contributed by atoms with Gasteiger partial charge in [-0.25, -0.2) is 4.99 Å². The number of carbonyl (C=O) groups excluding carboxylic acids is 1. The molecule has 1 heterocycles. The van der Waals surface area contributed by atoms with Gasteiger partial charge < -0.3 is 10.1 Å². The van der Waals surface area contributed by atoms with E-state index in [2.05, 4.69) is 26.1 Å². The fraction of sp³-hybridized carbons (Fsp3) is 0.273. The Morgan fingerprint density at radius 2 is 1.82 bits per heavy atom. The van der Waals surface area contributed by atoms with Gasteiger partial charge in [0.15, 0.2) is 0 Å². The number of hydrogen-bond acceptors (Lipinski definition) is 4. The normalized spacial score (nSPS) is 15.2. The molecule has 1 N–H and O–H groups in total. The monoisotopic (exact) mass is 590 g/mol. The Kier molecular flexibility index (Phi) is 8.65. The lowest BCUT2D eigenvalue weighted by molar-refractivity contribution is 0.102. The number of thiophene rings is 1. The predicted molar refractivity (Wildman–Crippen MR) is 168 cm³/mol. The van der Waals surface area contributed by atoms with Crippen LogP contribution in [0.1, 0.15) is 59.1 Å². The van der Waals surface area contributed by atoms with E-state index in [1.165, 1.54) is 4.88 Å². The van der Waals surface area contributed by atoms with E-state index in [0.717, 1.165) is 41.6 Å². The van der Waals surface area contributed by atoms with Crippen molar-refractivity contribution in [3.8, 4) is 5.75 Å². The number of benzene rings is 3. The molecule has 4 nitrogen and oxygen atoms in total. The number of nitrogens with zero attached hydrogens (tertiary/aromatic N) is 1. The Labute approximate surface area is 250 Å². The molecule has 1 aromatic heterocycles. The minimum atomic E-state index is -0.133. The van der Waals surface area contributed by atoms with E-state index in [-0.39, 0.29) is 11.3 Å². The molecular formula is C33H32Cl2N2O2S. The fourth-order valence-corrected chi connectivity index (χ4v) is 6.64. The van der Waals surface area contributed by atoms with Gasteiger partial charge in [-0.1, -0.05) is 80.4 Å². The molecule has 7 heteroatoms. The van der Waals surface area contributed by atoms with Crippen LogP contribution in [0, 0.1) is 11.3 Å². The first-order chi connectivity index (χ1) is 19.2. The highest BCUT2D eigenvalue weighted by Crippen LogP contribution is 2.45. The van der Waals surface area contributed by atoms with Crippen LogP contribution in [0.5, 0.6) is 5.75 Å². The van der Waals surface area contributed by atoms with Crippen molar-refractivity contribution in [2.24, 2.45) is 16.3 Å². The highest BCUT2D eigenvalue weighted by molar-refractivity contribution is 7.16. The average molecular weight is 592 g/mol. The number of ether oxygens (including phenoxy) is 1. The van der Waals surface area contributed by atoms with Gasteiger partial charge in [0.25, 0.3) is 5.91 Å². The maximum absolute atomic E-state index is 13.6. The topological polar surface area (TPSA) is 50.7 Å². The zero-order valence-corrected chi connectivity index (χ0v) is 25.2. The molecule has 4 aromatic rings. The minimum absolute atomic E-state index is 0.133. The van der Waals surface area contributed by atoms with Gasteiger partial charge in [-0.05, 0) is 72.6 Å². The summed E-state index contributed by atoms with van der Waals surface area (Å²) in [6.45, 7) is 7.19. The summed E-state index contributed by atoms with van der Waals surface area (Å²) in [6.07, 6.45) is 4.61. The second kappa shape index (κ2) is 12.2. The zero-order chi connectivity index (χ0) is 28.3. The van der Waals surface area contributed by atoms with Crippen LogP contribution in [0.4, 0.5) is 10.7 Å². The van der Waals surface area contributed by atoms with E-state index >= 15 is 0 Å². The Morgan fingerprint density at radius 1 is 1.07 bits per heavy atom. The Morgan fingerprint density at radius 3 is 2.58 bits per heavy atom. The molecule has 0 bridgehead atoms. The van der Waals surface area contributed by atoms with E-state index in [1.807, 2.05) is 66.7 Å². The molecule has 1 atom stereocenters.